The van der Waals surface area contributed by atoms with Crippen LogP contribution in [0.3, 0.4) is 0 Å². The molecular weight excluding hydrogens is 438 g/mol. The number of carbonyl (C=O) groups excluding carboxylic acids is 2. The number of nitrogens with one attached hydrogen (secondary N) is 1. The first-order valence-corrected chi connectivity index (χ1v) is 12.9. The Labute approximate surface area is 198 Å². The molecule has 2 aromatic heterocycles. The zero-order valence-corrected chi connectivity index (χ0v) is 20.5. The van der Waals surface area contributed by atoms with Crippen molar-refractivity contribution in [3.63, 3.8) is 0 Å². The molecule has 0 aromatic carbocycles. The molecule has 0 radical (unpaired) electrons. The van der Waals surface area contributed by atoms with Crippen molar-refractivity contribution in [1.82, 2.24) is 25.3 Å². The fourth-order valence-electron chi connectivity index (χ4n) is 5.14. The second-order valence-corrected chi connectivity index (χ2v) is 11.2. The summed E-state index contributed by atoms with van der Waals surface area (Å²) in [5, 5.41) is 13.7. The van der Waals surface area contributed by atoms with Crippen molar-refractivity contribution in [1.29, 1.82) is 0 Å². The summed E-state index contributed by atoms with van der Waals surface area (Å²) in [5.41, 5.74) is 1.11. The van der Waals surface area contributed by atoms with E-state index in [1.54, 1.807) is 0 Å². The lowest BCUT2D eigenvalue weighted by molar-refractivity contribution is -0.122. The normalized spacial score (nSPS) is 22.9. The predicted octanol–water partition coefficient (Wildman–Crippen LogP) is 3.51. The molecule has 9 heteroatoms. The van der Waals surface area contributed by atoms with Crippen LogP contribution in [0.15, 0.2) is 15.9 Å². The molecule has 2 amide bonds. The molecule has 1 atom stereocenters. The molecule has 1 aliphatic carbocycles. The van der Waals surface area contributed by atoms with E-state index in [1.807, 2.05) is 37.1 Å². The molecule has 33 heavy (non-hydrogen) atoms. The lowest BCUT2D eigenvalue weighted by Crippen LogP contribution is -2.45. The summed E-state index contributed by atoms with van der Waals surface area (Å²) in [5.74, 6) is 1.64. The maximum Gasteiger partial charge on any atom is 0.264 e. The van der Waals surface area contributed by atoms with Gasteiger partial charge in [-0.15, -0.1) is 21.5 Å². The van der Waals surface area contributed by atoms with E-state index in [9.17, 15) is 9.59 Å². The van der Waals surface area contributed by atoms with Crippen LogP contribution in [0.25, 0.3) is 0 Å². The van der Waals surface area contributed by atoms with Gasteiger partial charge in [0.1, 0.15) is 0 Å². The van der Waals surface area contributed by atoms with Crippen LogP contribution < -0.4 is 5.32 Å². The molecule has 2 aliphatic heterocycles. The molecule has 4 heterocycles. The van der Waals surface area contributed by atoms with E-state index < -0.39 is 0 Å². The van der Waals surface area contributed by atoms with Gasteiger partial charge in [-0.2, -0.15) is 0 Å². The van der Waals surface area contributed by atoms with Gasteiger partial charge in [-0.1, -0.05) is 13.8 Å². The van der Waals surface area contributed by atoms with Gasteiger partial charge in [0.05, 0.1) is 17.5 Å². The Morgan fingerprint density at radius 3 is 2.64 bits per heavy atom. The molecule has 178 valence electrons. The number of aromatic nitrogens is 2. The Hall–Kier alpha value is -2.26. The van der Waals surface area contributed by atoms with E-state index in [1.165, 1.54) is 11.3 Å². The Morgan fingerprint density at radius 1 is 1.27 bits per heavy atom. The monoisotopic (exact) mass is 471 g/mol. The van der Waals surface area contributed by atoms with Gasteiger partial charge < -0.3 is 14.6 Å². The first-order valence-electron chi connectivity index (χ1n) is 12.0. The van der Waals surface area contributed by atoms with Gasteiger partial charge in [-0.25, -0.2) is 0 Å². The van der Waals surface area contributed by atoms with Crippen molar-refractivity contribution in [3.05, 3.63) is 33.7 Å². The summed E-state index contributed by atoms with van der Waals surface area (Å²) in [6.07, 6.45) is 4.88. The maximum atomic E-state index is 13.0. The van der Waals surface area contributed by atoms with Gasteiger partial charge in [0.15, 0.2) is 0 Å². The van der Waals surface area contributed by atoms with Crippen LogP contribution in [0, 0.1) is 12.3 Å². The summed E-state index contributed by atoms with van der Waals surface area (Å²) >= 11 is 1.52. The Bertz CT molecular complexity index is 1020. The lowest BCUT2D eigenvalue weighted by Gasteiger charge is -2.39. The minimum absolute atomic E-state index is 0.0538. The fraction of sp³-hybridized carbons (Fsp3) is 0.667. The molecule has 1 saturated carbocycles. The second-order valence-electron chi connectivity index (χ2n) is 10.3. The third-order valence-electron chi connectivity index (χ3n) is 7.30. The Balaban J connectivity index is 1.30. The topological polar surface area (TPSA) is 91.6 Å². The largest absolute Gasteiger partial charge is 0.423 e. The van der Waals surface area contributed by atoms with E-state index in [-0.39, 0.29) is 29.2 Å². The molecule has 2 saturated heterocycles. The average molecular weight is 472 g/mol. The molecule has 1 N–H and O–H groups in total. The number of hydrogen-bond donors (Lipinski definition) is 1. The van der Waals surface area contributed by atoms with Gasteiger partial charge in [0.25, 0.3) is 5.91 Å². The SMILES string of the molecule is Cc1ccsc1C(=O)N1CCC2(CC1)CC(c1nnc(C(C)C)o1)N(CC(=O)NC1CC1)C2. The maximum absolute atomic E-state index is 13.0. The van der Waals surface area contributed by atoms with Crippen molar-refractivity contribution < 1.29 is 14.0 Å². The van der Waals surface area contributed by atoms with Crippen LogP contribution in [-0.4, -0.2) is 64.0 Å². The Kier molecular flexibility index (Phi) is 6.03. The molecule has 1 spiro atoms. The quantitative estimate of drug-likeness (QED) is 0.693. The third-order valence-corrected chi connectivity index (χ3v) is 8.30. The molecular formula is C24H33N5O3S. The van der Waals surface area contributed by atoms with Gasteiger partial charge in [-0.3, -0.25) is 14.5 Å². The van der Waals surface area contributed by atoms with Crippen molar-refractivity contribution >= 4 is 23.2 Å². The third kappa shape index (κ3) is 4.71. The Morgan fingerprint density at radius 2 is 2.03 bits per heavy atom. The first kappa shape index (κ1) is 22.5. The van der Waals surface area contributed by atoms with Gasteiger partial charge in [0, 0.05) is 31.6 Å². The number of aryl methyl sites for hydroxylation is 1. The smallest absolute Gasteiger partial charge is 0.264 e. The van der Waals surface area contributed by atoms with E-state index >= 15 is 0 Å². The van der Waals surface area contributed by atoms with Gasteiger partial charge in [0.2, 0.25) is 17.7 Å². The zero-order valence-electron chi connectivity index (χ0n) is 19.7. The standard InChI is InChI=1S/C24H33N5O3S/c1-15(2)21-26-27-22(32-21)18-12-24(14-29(18)13-19(30)25-17-4-5-17)7-9-28(10-8-24)23(31)20-16(3)6-11-33-20/h6,11,15,17-18H,4-5,7-10,12-14H2,1-3H3,(H,25,30). The minimum atomic E-state index is -0.0586. The predicted molar refractivity (Wildman–Crippen MR) is 125 cm³/mol. The summed E-state index contributed by atoms with van der Waals surface area (Å²) in [6, 6.07) is 2.29. The number of hydrogen-bond acceptors (Lipinski definition) is 7. The zero-order chi connectivity index (χ0) is 23.2. The summed E-state index contributed by atoms with van der Waals surface area (Å²) in [6.45, 7) is 8.72. The van der Waals surface area contributed by atoms with Gasteiger partial charge in [-0.05, 0) is 61.5 Å². The highest BCUT2D eigenvalue weighted by Gasteiger charge is 2.49. The van der Waals surface area contributed by atoms with Crippen molar-refractivity contribution in [3.8, 4) is 0 Å². The van der Waals surface area contributed by atoms with Crippen LogP contribution in [0.5, 0.6) is 0 Å². The highest BCUT2D eigenvalue weighted by Crippen LogP contribution is 2.49. The number of carbonyl (C=O) groups is 2. The minimum Gasteiger partial charge on any atom is -0.423 e. The van der Waals surface area contributed by atoms with Crippen molar-refractivity contribution in [2.45, 2.75) is 70.9 Å². The molecule has 8 nitrogen and oxygen atoms in total. The van der Waals surface area contributed by atoms with Crippen molar-refractivity contribution in [2.24, 2.45) is 5.41 Å². The molecule has 0 bridgehead atoms. The summed E-state index contributed by atoms with van der Waals surface area (Å²) < 4.78 is 6.03. The number of likely N-dealkylation sites (tertiary alicyclic amines) is 2. The summed E-state index contributed by atoms with van der Waals surface area (Å²) in [4.78, 5) is 30.7. The van der Waals surface area contributed by atoms with Crippen molar-refractivity contribution in [2.75, 3.05) is 26.2 Å². The molecule has 2 aromatic rings. The van der Waals surface area contributed by atoms with E-state index in [4.69, 9.17) is 4.42 Å². The average Bonchev–Trinajstić information content (AvgIpc) is 3.15. The highest BCUT2D eigenvalue weighted by atomic mass is 32.1. The van der Waals surface area contributed by atoms with E-state index in [0.717, 1.165) is 62.2 Å². The number of piperidine rings is 1. The van der Waals surface area contributed by atoms with Crippen LogP contribution in [0.1, 0.15) is 84.9 Å². The van der Waals surface area contributed by atoms with E-state index in [2.05, 4.69) is 20.4 Å². The molecule has 3 fully saturated rings. The van der Waals surface area contributed by atoms with Crippen LogP contribution in [-0.2, 0) is 4.79 Å². The molecule has 5 rings (SSSR count). The lowest BCUT2D eigenvalue weighted by atomic mass is 9.76. The van der Waals surface area contributed by atoms with Crippen LogP contribution in [0.2, 0.25) is 0 Å². The summed E-state index contributed by atoms with van der Waals surface area (Å²) in [7, 11) is 0. The van der Waals surface area contributed by atoms with Gasteiger partial charge >= 0.3 is 0 Å². The molecule has 3 aliphatic rings. The van der Waals surface area contributed by atoms with Crippen LogP contribution >= 0.6 is 11.3 Å². The fourth-order valence-corrected chi connectivity index (χ4v) is 6.03. The number of rotatable bonds is 6. The number of nitrogens with zero attached hydrogens (tertiary/aromatic N) is 4. The number of amides is 2. The first-order chi connectivity index (χ1) is 15.8. The molecule has 1 unspecified atom stereocenters. The van der Waals surface area contributed by atoms with Crippen LogP contribution in [0.4, 0.5) is 0 Å². The second kappa shape index (κ2) is 8.83. The van der Waals surface area contributed by atoms with E-state index in [0.29, 0.717) is 24.4 Å². The highest BCUT2D eigenvalue weighted by molar-refractivity contribution is 7.12. The number of thiophene rings is 1.